The van der Waals surface area contributed by atoms with E-state index in [0.29, 0.717) is 0 Å². The molecule has 5 nitrogen and oxygen atoms in total. The number of alkyl halides is 2. The van der Waals surface area contributed by atoms with Crippen LogP contribution in [0.3, 0.4) is 0 Å². The number of carbonyl (C=O) groups is 2. The maximum absolute atomic E-state index is 14.4. The zero-order valence-corrected chi connectivity index (χ0v) is 14.9. The number of rotatable bonds is 6. The average molecular weight is 405 g/mol. The second-order valence-electron chi connectivity index (χ2n) is 6.72. The van der Waals surface area contributed by atoms with Gasteiger partial charge in [0, 0.05) is 30.1 Å². The number of carbonyl (C=O) groups excluding carboxylic acids is 2. The van der Waals surface area contributed by atoms with Gasteiger partial charge in [-0.1, -0.05) is 18.2 Å². The Morgan fingerprint density at radius 2 is 1.93 bits per heavy atom. The molecule has 9 heteroatoms. The Hall–Kier alpha value is -3.41. The molecule has 0 saturated heterocycles. The zero-order valence-electron chi connectivity index (χ0n) is 14.9. The van der Waals surface area contributed by atoms with E-state index in [1.54, 1.807) is 6.07 Å². The van der Waals surface area contributed by atoms with Crippen LogP contribution in [0.4, 0.5) is 23.2 Å². The van der Waals surface area contributed by atoms with Crippen LogP contribution in [0.1, 0.15) is 30.0 Å². The van der Waals surface area contributed by atoms with E-state index in [2.05, 4.69) is 5.32 Å². The van der Waals surface area contributed by atoms with Crippen LogP contribution in [0, 0.1) is 23.0 Å². The highest BCUT2D eigenvalue weighted by Gasteiger charge is 2.47. The first-order valence-electron chi connectivity index (χ1n) is 8.61. The van der Waals surface area contributed by atoms with E-state index in [9.17, 15) is 27.2 Å². The van der Waals surface area contributed by atoms with E-state index in [0.717, 1.165) is 29.2 Å². The van der Waals surface area contributed by atoms with Gasteiger partial charge in [0.1, 0.15) is 17.7 Å². The standard InChI is InChI=1S/C20H15F4N3O2/c21-13-5-12(10-25)6-15(7-13)27(11-28)18(16-3-1-2-4-17(16)22)19(29)26-14-8-20(23,24)9-14/h1-7,11,14,18H,8-9H2,(H,26,29)/t18-/m0/s1. The molecule has 1 aliphatic rings. The zero-order chi connectivity index (χ0) is 21.2. The molecule has 0 bridgehead atoms. The summed E-state index contributed by atoms with van der Waals surface area (Å²) in [7, 11) is 0. The molecule has 2 amide bonds. The maximum Gasteiger partial charge on any atom is 0.252 e. The van der Waals surface area contributed by atoms with Gasteiger partial charge in [-0.2, -0.15) is 5.26 Å². The molecule has 0 aliphatic heterocycles. The summed E-state index contributed by atoms with van der Waals surface area (Å²) in [5.74, 6) is -5.43. The topological polar surface area (TPSA) is 73.2 Å². The van der Waals surface area contributed by atoms with Crippen molar-refractivity contribution in [1.82, 2.24) is 5.32 Å². The lowest BCUT2D eigenvalue weighted by Gasteiger charge is -2.37. The predicted molar refractivity (Wildman–Crippen MR) is 94.9 cm³/mol. The normalized spacial score (nSPS) is 16.2. The number of benzene rings is 2. The number of amides is 2. The molecule has 1 atom stereocenters. The molecule has 0 spiro atoms. The molecular weight excluding hydrogens is 390 g/mol. The minimum atomic E-state index is -2.89. The van der Waals surface area contributed by atoms with Crippen molar-refractivity contribution in [3.63, 3.8) is 0 Å². The van der Waals surface area contributed by atoms with Crippen LogP contribution in [-0.2, 0) is 9.59 Å². The average Bonchev–Trinajstić information content (AvgIpc) is 2.64. The molecule has 0 heterocycles. The van der Waals surface area contributed by atoms with Crippen molar-refractivity contribution < 1.29 is 27.2 Å². The number of hydrogen-bond donors (Lipinski definition) is 1. The summed E-state index contributed by atoms with van der Waals surface area (Å²) < 4.78 is 54.5. The fraction of sp³-hybridized carbons (Fsp3) is 0.250. The largest absolute Gasteiger partial charge is 0.351 e. The van der Waals surface area contributed by atoms with Gasteiger partial charge in [0.25, 0.3) is 5.92 Å². The van der Waals surface area contributed by atoms with Gasteiger partial charge in [-0.05, 0) is 24.3 Å². The number of halogens is 4. The third-order valence-electron chi connectivity index (χ3n) is 4.59. The molecule has 2 aromatic rings. The van der Waals surface area contributed by atoms with Crippen LogP contribution in [0.15, 0.2) is 42.5 Å². The number of nitrogens with zero attached hydrogens (tertiary/aromatic N) is 2. The van der Waals surface area contributed by atoms with Gasteiger partial charge in [0.05, 0.1) is 11.6 Å². The Balaban J connectivity index is 2.01. The molecule has 1 aliphatic carbocycles. The van der Waals surface area contributed by atoms with Crippen molar-refractivity contribution >= 4 is 18.0 Å². The molecule has 0 aromatic heterocycles. The predicted octanol–water partition coefficient (Wildman–Crippen LogP) is 3.45. The molecule has 1 N–H and O–H groups in total. The number of anilines is 1. The van der Waals surface area contributed by atoms with Crippen molar-refractivity contribution in [1.29, 1.82) is 5.26 Å². The van der Waals surface area contributed by atoms with E-state index in [1.807, 2.05) is 0 Å². The minimum Gasteiger partial charge on any atom is -0.351 e. The van der Waals surface area contributed by atoms with Crippen LogP contribution in [0.25, 0.3) is 0 Å². The molecule has 3 rings (SSSR count). The summed E-state index contributed by atoms with van der Waals surface area (Å²) >= 11 is 0. The first kappa shape index (κ1) is 20.3. The van der Waals surface area contributed by atoms with Crippen LogP contribution in [-0.4, -0.2) is 24.3 Å². The highest BCUT2D eigenvalue weighted by Crippen LogP contribution is 2.38. The van der Waals surface area contributed by atoms with Gasteiger partial charge in [-0.15, -0.1) is 0 Å². The monoisotopic (exact) mass is 405 g/mol. The second-order valence-corrected chi connectivity index (χ2v) is 6.72. The third-order valence-corrected chi connectivity index (χ3v) is 4.59. The molecule has 1 saturated carbocycles. The van der Waals surface area contributed by atoms with Crippen molar-refractivity contribution in [2.24, 2.45) is 0 Å². The fourth-order valence-corrected chi connectivity index (χ4v) is 3.22. The molecular formula is C20H15F4N3O2. The van der Waals surface area contributed by atoms with E-state index in [1.165, 1.54) is 18.2 Å². The van der Waals surface area contributed by atoms with Gasteiger partial charge >= 0.3 is 0 Å². The summed E-state index contributed by atoms with van der Waals surface area (Å²) in [5.41, 5.74) is -0.469. The first-order chi connectivity index (χ1) is 13.7. The second kappa shape index (κ2) is 7.91. The van der Waals surface area contributed by atoms with Crippen molar-refractivity contribution in [2.75, 3.05) is 4.90 Å². The molecule has 150 valence electrons. The summed E-state index contributed by atoms with van der Waals surface area (Å²) in [5, 5.41) is 11.4. The smallest absolute Gasteiger partial charge is 0.252 e. The van der Waals surface area contributed by atoms with Gasteiger partial charge in [-0.3, -0.25) is 14.5 Å². The molecule has 29 heavy (non-hydrogen) atoms. The third kappa shape index (κ3) is 4.37. The molecule has 2 aromatic carbocycles. The Morgan fingerprint density at radius 1 is 1.24 bits per heavy atom. The van der Waals surface area contributed by atoms with E-state index < -0.39 is 48.4 Å². The molecule has 0 unspecified atom stereocenters. The van der Waals surface area contributed by atoms with Crippen LogP contribution >= 0.6 is 0 Å². The van der Waals surface area contributed by atoms with Gasteiger partial charge < -0.3 is 5.32 Å². The Labute approximate surface area is 163 Å². The maximum atomic E-state index is 14.4. The van der Waals surface area contributed by atoms with Gasteiger partial charge in [0.15, 0.2) is 0 Å². The fourth-order valence-electron chi connectivity index (χ4n) is 3.22. The van der Waals surface area contributed by atoms with Crippen LogP contribution in [0.5, 0.6) is 0 Å². The van der Waals surface area contributed by atoms with Crippen LogP contribution < -0.4 is 10.2 Å². The Kier molecular flexibility index (Phi) is 5.55. The van der Waals surface area contributed by atoms with E-state index >= 15 is 0 Å². The lowest BCUT2D eigenvalue weighted by molar-refractivity contribution is -0.131. The van der Waals surface area contributed by atoms with Crippen molar-refractivity contribution in [3.8, 4) is 6.07 Å². The minimum absolute atomic E-state index is 0.113. The summed E-state index contributed by atoms with van der Waals surface area (Å²) in [4.78, 5) is 25.4. The van der Waals surface area contributed by atoms with Crippen molar-refractivity contribution in [3.05, 3.63) is 65.2 Å². The summed E-state index contributed by atoms with van der Waals surface area (Å²) in [6, 6.07) is 7.46. The lowest BCUT2D eigenvalue weighted by atomic mass is 9.87. The Bertz CT molecular complexity index is 982. The van der Waals surface area contributed by atoms with Gasteiger partial charge in [0.2, 0.25) is 12.3 Å². The quantitative estimate of drug-likeness (QED) is 0.591. The highest BCUT2D eigenvalue weighted by atomic mass is 19.3. The number of hydrogen-bond acceptors (Lipinski definition) is 3. The van der Waals surface area contributed by atoms with Gasteiger partial charge in [-0.25, -0.2) is 17.6 Å². The summed E-state index contributed by atoms with van der Waals surface area (Å²) in [6.07, 6.45) is -0.938. The highest BCUT2D eigenvalue weighted by molar-refractivity contribution is 5.93. The van der Waals surface area contributed by atoms with Crippen LogP contribution in [0.2, 0.25) is 0 Å². The van der Waals surface area contributed by atoms with E-state index in [-0.39, 0.29) is 23.2 Å². The molecule has 0 radical (unpaired) electrons. The number of nitrogens with one attached hydrogen (secondary N) is 1. The first-order valence-corrected chi connectivity index (χ1v) is 8.61. The molecule has 1 fully saturated rings. The number of nitriles is 1. The lowest BCUT2D eigenvalue weighted by Crippen LogP contribution is -2.53. The van der Waals surface area contributed by atoms with E-state index in [4.69, 9.17) is 5.26 Å². The SMILES string of the molecule is N#Cc1cc(F)cc(N(C=O)[C@H](C(=O)NC2CC(F)(F)C2)c2ccccc2F)c1. The Morgan fingerprint density at radius 3 is 2.52 bits per heavy atom. The van der Waals surface area contributed by atoms with Crippen molar-refractivity contribution in [2.45, 2.75) is 30.8 Å². The summed E-state index contributed by atoms with van der Waals surface area (Å²) in [6.45, 7) is 0.